The molecule has 94 valence electrons. The van der Waals surface area contributed by atoms with E-state index in [1.54, 1.807) is 7.11 Å². The van der Waals surface area contributed by atoms with Crippen molar-refractivity contribution in [3.63, 3.8) is 0 Å². The second-order valence-electron chi connectivity index (χ2n) is 5.12. The third kappa shape index (κ3) is 4.19. The van der Waals surface area contributed by atoms with Crippen LogP contribution >= 0.6 is 0 Å². The zero-order valence-corrected chi connectivity index (χ0v) is 11.2. The molecule has 0 aliphatic rings. The molecule has 0 aromatic heterocycles. The predicted octanol–water partition coefficient (Wildman–Crippen LogP) is 2.91. The molecule has 3 nitrogen and oxygen atoms in total. The lowest BCUT2D eigenvalue weighted by Gasteiger charge is -2.18. The molecule has 0 aliphatic carbocycles. The number of amidine groups is 1. The molecule has 0 saturated carbocycles. The third-order valence-corrected chi connectivity index (χ3v) is 2.58. The van der Waals surface area contributed by atoms with Crippen LogP contribution in [0.2, 0.25) is 0 Å². The summed E-state index contributed by atoms with van der Waals surface area (Å²) in [4.78, 5) is 4.52. The lowest BCUT2D eigenvalue weighted by molar-refractivity contribution is 0.202. The maximum Gasteiger partial charge on any atom is 0.105 e. The number of nitrogens with zero attached hydrogens (tertiary/aromatic N) is 1. The Bertz CT molecular complexity index is 391. The van der Waals surface area contributed by atoms with Gasteiger partial charge in [-0.25, -0.2) is 4.99 Å². The van der Waals surface area contributed by atoms with Gasteiger partial charge in [0, 0.05) is 12.5 Å². The SMILES string of the molecule is COCCc1ccccc1N=C(N)C(C)(C)C. The van der Waals surface area contributed by atoms with Crippen molar-refractivity contribution in [2.24, 2.45) is 16.1 Å². The Hall–Kier alpha value is -1.35. The summed E-state index contributed by atoms with van der Waals surface area (Å²) in [5.74, 6) is 0.655. The molecule has 0 fully saturated rings. The molecule has 2 N–H and O–H groups in total. The first-order valence-electron chi connectivity index (χ1n) is 5.86. The van der Waals surface area contributed by atoms with E-state index in [0.717, 1.165) is 12.1 Å². The van der Waals surface area contributed by atoms with E-state index in [-0.39, 0.29) is 5.41 Å². The topological polar surface area (TPSA) is 47.6 Å². The van der Waals surface area contributed by atoms with Gasteiger partial charge >= 0.3 is 0 Å². The summed E-state index contributed by atoms with van der Waals surface area (Å²) >= 11 is 0. The van der Waals surface area contributed by atoms with Crippen molar-refractivity contribution in [2.45, 2.75) is 27.2 Å². The van der Waals surface area contributed by atoms with Gasteiger partial charge in [0.2, 0.25) is 0 Å². The molecule has 1 rings (SSSR count). The Balaban J connectivity index is 2.97. The zero-order chi connectivity index (χ0) is 12.9. The minimum absolute atomic E-state index is 0.103. The molecular weight excluding hydrogens is 212 g/mol. The van der Waals surface area contributed by atoms with Gasteiger partial charge in [0.05, 0.1) is 12.3 Å². The van der Waals surface area contributed by atoms with Crippen LogP contribution in [-0.4, -0.2) is 19.6 Å². The van der Waals surface area contributed by atoms with E-state index in [1.165, 1.54) is 5.56 Å². The van der Waals surface area contributed by atoms with Crippen LogP contribution in [0.4, 0.5) is 5.69 Å². The number of nitrogens with two attached hydrogens (primary N) is 1. The molecule has 1 aromatic carbocycles. The van der Waals surface area contributed by atoms with Crippen LogP contribution in [0.5, 0.6) is 0 Å². The second kappa shape index (κ2) is 5.82. The molecule has 0 radical (unpaired) electrons. The van der Waals surface area contributed by atoms with Crippen molar-refractivity contribution in [1.82, 2.24) is 0 Å². The van der Waals surface area contributed by atoms with Crippen molar-refractivity contribution < 1.29 is 4.74 Å². The summed E-state index contributed by atoms with van der Waals surface area (Å²) < 4.78 is 5.09. The van der Waals surface area contributed by atoms with Gasteiger partial charge in [-0.05, 0) is 18.1 Å². The summed E-state index contributed by atoms with van der Waals surface area (Å²) in [6.07, 6.45) is 0.855. The summed E-state index contributed by atoms with van der Waals surface area (Å²) in [5, 5.41) is 0. The number of rotatable bonds is 4. The lowest BCUT2D eigenvalue weighted by Crippen LogP contribution is -2.28. The highest BCUT2D eigenvalue weighted by Crippen LogP contribution is 2.22. The summed E-state index contributed by atoms with van der Waals surface area (Å²) in [5.41, 5.74) is 8.01. The molecular formula is C14H22N2O. The maximum atomic E-state index is 6.00. The van der Waals surface area contributed by atoms with Crippen LogP contribution in [0, 0.1) is 5.41 Å². The van der Waals surface area contributed by atoms with E-state index in [9.17, 15) is 0 Å². The van der Waals surface area contributed by atoms with Gasteiger partial charge in [-0.1, -0.05) is 39.0 Å². The molecule has 0 spiro atoms. The maximum absolute atomic E-state index is 6.00. The molecule has 0 unspecified atom stereocenters. The molecule has 0 heterocycles. The first-order chi connectivity index (χ1) is 7.95. The minimum atomic E-state index is -0.103. The number of para-hydroxylation sites is 1. The Labute approximate surface area is 104 Å². The van der Waals surface area contributed by atoms with Crippen LogP contribution in [0.3, 0.4) is 0 Å². The van der Waals surface area contributed by atoms with Gasteiger partial charge in [-0.2, -0.15) is 0 Å². The van der Waals surface area contributed by atoms with E-state index in [4.69, 9.17) is 10.5 Å². The predicted molar refractivity (Wildman–Crippen MR) is 72.8 cm³/mol. The molecule has 0 bridgehead atoms. The first kappa shape index (κ1) is 13.7. The Kier molecular flexibility index (Phi) is 4.70. The number of methoxy groups -OCH3 is 1. The van der Waals surface area contributed by atoms with E-state index >= 15 is 0 Å². The number of ether oxygens (including phenoxy) is 1. The quantitative estimate of drug-likeness (QED) is 0.643. The number of hydrogen-bond acceptors (Lipinski definition) is 2. The van der Waals surface area contributed by atoms with Crippen LogP contribution in [0.25, 0.3) is 0 Å². The molecule has 0 amide bonds. The van der Waals surface area contributed by atoms with Gasteiger partial charge in [-0.3, -0.25) is 0 Å². The van der Waals surface area contributed by atoms with Crippen LogP contribution in [0.1, 0.15) is 26.3 Å². The van der Waals surface area contributed by atoms with Crippen LogP contribution in [0.15, 0.2) is 29.3 Å². The molecule has 17 heavy (non-hydrogen) atoms. The average Bonchev–Trinajstić information content (AvgIpc) is 2.26. The average molecular weight is 234 g/mol. The molecule has 3 heteroatoms. The zero-order valence-electron chi connectivity index (χ0n) is 11.2. The Morgan fingerprint density at radius 2 is 1.94 bits per heavy atom. The smallest absolute Gasteiger partial charge is 0.105 e. The van der Waals surface area contributed by atoms with Crippen molar-refractivity contribution in [3.8, 4) is 0 Å². The number of benzene rings is 1. The fourth-order valence-corrected chi connectivity index (χ4v) is 1.34. The van der Waals surface area contributed by atoms with Gasteiger partial charge in [0.1, 0.15) is 5.84 Å². The van der Waals surface area contributed by atoms with Gasteiger partial charge < -0.3 is 10.5 Å². The molecule has 0 saturated heterocycles. The highest BCUT2D eigenvalue weighted by atomic mass is 16.5. The number of aliphatic imine (C=N–C) groups is 1. The van der Waals surface area contributed by atoms with Gasteiger partial charge in [0.25, 0.3) is 0 Å². The Morgan fingerprint density at radius 3 is 2.53 bits per heavy atom. The number of hydrogen-bond donors (Lipinski definition) is 1. The fraction of sp³-hybridized carbons (Fsp3) is 0.500. The summed E-state index contributed by atoms with van der Waals surface area (Å²) in [6, 6.07) is 8.04. The molecule has 1 aromatic rings. The molecule has 0 aliphatic heterocycles. The van der Waals surface area contributed by atoms with E-state index in [0.29, 0.717) is 12.4 Å². The van der Waals surface area contributed by atoms with Crippen molar-refractivity contribution in [3.05, 3.63) is 29.8 Å². The first-order valence-corrected chi connectivity index (χ1v) is 5.86. The lowest BCUT2D eigenvalue weighted by atomic mass is 9.95. The van der Waals surface area contributed by atoms with Crippen molar-refractivity contribution in [1.29, 1.82) is 0 Å². The van der Waals surface area contributed by atoms with Crippen molar-refractivity contribution in [2.75, 3.05) is 13.7 Å². The van der Waals surface area contributed by atoms with Gasteiger partial charge in [-0.15, -0.1) is 0 Å². The monoisotopic (exact) mass is 234 g/mol. The van der Waals surface area contributed by atoms with E-state index in [2.05, 4.69) is 31.8 Å². The van der Waals surface area contributed by atoms with Crippen LogP contribution in [-0.2, 0) is 11.2 Å². The van der Waals surface area contributed by atoms with E-state index in [1.807, 2.05) is 18.2 Å². The fourth-order valence-electron chi connectivity index (χ4n) is 1.34. The normalized spacial score (nSPS) is 12.8. The Morgan fingerprint density at radius 1 is 1.29 bits per heavy atom. The van der Waals surface area contributed by atoms with E-state index < -0.39 is 0 Å². The molecule has 0 atom stereocenters. The van der Waals surface area contributed by atoms with Crippen molar-refractivity contribution >= 4 is 11.5 Å². The second-order valence-corrected chi connectivity index (χ2v) is 5.12. The standard InChI is InChI=1S/C14H22N2O/c1-14(2,3)13(15)16-12-8-6-5-7-11(12)9-10-17-4/h5-8H,9-10H2,1-4H3,(H2,15,16). The summed E-state index contributed by atoms with van der Waals surface area (Å²) in [6.45, 7) is 6.87. The highest BCUT2D eigenvalue weighted by Gasteiger charge is 2.15. The largest absolute Gasteiger partial charge is 0.387 e. The highest BCUT2D eigenvalue weighted by molar-refractivity contribution is 5.88. The summed E-state index contributed by atoms with van der Waals surface area (Å²) in [7, 11) is 1.70. The minimum Gasteiger partial charge on any atom is -0.387 e. The van der Waals surface area contributed by atoms with Gasteiger partial charge in [0.15, 0.2) is 0 Å². The third-order valence-electron chi connectivity index (χ3n) is 2.58. The van der Waals surface area contributed by atoms with Crippen LogP contribution < -0.4 is 5.73 Å².